The van der Waals surface area contributed by atoms with E-state index < -0.39 is 0 Å². The fourth-order valence-electron chi connectivity index (χ4n) is 3.37. The van der Waals surface area contributed by atoms with E-state index in [9.17, 15) is 4.79 Å². The second-order valence-corrected chi connectivity index (χ2v) is 7.24. The van der Waals surface area contributed by atoms with Crippen molar-refractivity contribution in [1.29, 1.82) is 0 Å². The monoisotopic (exact) mass is 401 g/mol. The maximum Gasteiger partial charge on any atom is 0.253 e. The molecule has 0 fully saturated rings. The van der Waals surface area contributed by atoms with E-state index >= 15 is 0 Å². The molecule has 7 heteroatoms. The first kappa shape index (κ1) is 19.4. The molecule has 2 heterocycles. The van der Waals surface area contributed by atoms with Crippen molar-refractivity contribution in [3.05, 3.63) is 66.6 Å². The average molecular weight is 401 g/mol. The van der Waals surface area contributed by atoms with Gasteiger partial charge < -0.3 is 15.0 Å². The van der Waals surface area contributed by atoms with E-state index in [0.717, 1.165) is 27.6 Å². The second kappa shape index (κ2) is 7.87. The standard InChI is InChI=1S/C23H23N5O2/c1-27(2)23(29)15-8-9-20(21(10-15)30-4)26-22-11-19-16(12-24-22)6-5-7-18(19)17-13-25-28(3)14-17/h5-14H,1-4H3,(H,24,26). The van der Waals surface area contributed by atoms with Gasteiger partial charge in [0.2, 0.25) is 0 Å². The Morgan fingerprint density at radius 3 is 2.67 bits per heavy atom. The number of anilines is 2. The van der Waals surface area contributed by atoms with Crippen LogP contribution in [0.25, 0.3) is 21.9 Å². The number of amides is 1. The molecular weight excluding hydrogens is 378 g/mol. The van der Waals surface area contributed by atoms with Crippen LogP contribution in [0, 0.1) is 0 Å². The topological polar surface area (TPSA) is 72.3 Å². The number of nitrogens with one attached hydrogen (secondary N) is 1. The Hall–Kier alpha value is -3.87. The number of aryl methyl sites for hydroxylation is 1. The van der Waals surface area contributed by atoms with Crippen LogP contribution in [0.15, 0.2) is 61.1 Å². The molecule has 0 saturated heterocycles. The molecule has 1 N–H and O–H groups in total. The predicted molar refractivity (Wildman–Crippen MR) is 118 cm³/mol. The molecule has 0 radical (unpaired) electrons. The van der Waals surface area contributed by atoms with Crippen molar-refractivity contribution >= 4 is 28.2 Å². The minimum atomic E-state index is -0.0789. The molecule has 0 aliphatic rings. The Kier molecular flexibility index (Phi) is 5.10. The zero-order chi connectivity index (χ0) is 21.3. The number of ether oxygens (including phenoxy) is 1. The molecule has 0 aliphatic carbocycles. The summed E-state index contributed by atoms with van der Waals surface area (Å²) in [4.78, 5) is 18.3. The Morgan fingerprint density at radius 1 is 1.13 bits per heavy atom. The highest BCUT2D eigenvalue weighted by Gasteiger charge is 2.13. The summed E-state index contributed by atoms with van der Waals surface area (Å²) in [5.41, 5.74) is 3.43. The van der Waals surface area contributed by atoms with Gasteiger partial charge >= 0.3 is 0 Å². The van der Waals surface area contributed by atoms with E-state index in [1.165, 1.54) is 4.90 Å². The molecule has 0 unspecified atom stereocenters. The van der Waals surface area contributed by atoms with Crippen LogP contribution in [0.4, 0.5) is 11.5 Å². The molecule has 1 amide bonds. The Balaban J connectivity index is 1.71. The zero-order valence-electron chi connectivity index (χ0n) is 17.4. The maximum absolute atomic E-state index is 12.2. The quantitative estimate of drug-likeness (QED) is 0.545. The minimum Gasteiger partial charge on any atom is -0.495 e. The Labute approximate surface area is 174 Å². The van der Waals surface area contributed by atoms with Crippen molar-refractivity contribution in [2.45, 2.75) is 0 Å². The van der Waals surface area contributed by atoms with Crippen molar-refractivity contribution in [2.75, 3.05) is 26.5 Å². The molecule has 0 spiro atoms. The van der Waals surface area contributed by atoms with E-state index in [0.29, 0.717) is 17.1 Å². The van der Waals surface area contributed by atoms with Gasteiger partial charge in [0.15, 0.2) is 0 Å². The molecule has 4 aromatic rings. The molecule has 30 heavy (non-hydrogen) atoms. The van der Waals surface area contributed by atoms with Gasteiger partial charge in [-0.3, -0.25) is 9.48 Å². The number of rotatable bonds is 5. The van der Waals surface area contributed by atoms with Crippen LogP contribution < -0.4 is 10.1 Å². The third kappa shape index (κ3) is 3.69. The van der Waals surface area contributed by atoms with Crippen LogP contribution in [-0.4, -0.2) is 46.8 Å². The van der Waals surface area contributed by atoms with Gasteiger partial charge in [-0.2, -0.15) is 5.10 Å². The van der Waals surface area contributed by atoms with Gasteiger partial charge in [-0.05, 0) is 35.2 Å². The summed E-state index contributed by atoms with van der Waals surface area (Å²) in [7, 11) is 6.93. The summed E-state index contributed by atoms with van der Waals surface area (Å²) < 4.78 is 7.29. The van der Waals surface area contributed by atoms with E-state index in [2.05, 4.69) is 21.5 Å². The molecule has 0 bridgehead atoms. The normalized spacial score (nSPS) is 10.8. The summed E-state index contributed by atoms with van der Waals surface area (Å²) in [5.74, 6) is 1.18. The highest BCUT2D eigenvalue weighted by atomic mass is 16.5. The third-order valence-corrected chi connectivity index (χ3v) is 4.90. The third-order valence-electron chi connectivity index (χ3n) is 4.90. The Bertz CT molecular complexity index is 1230. The summed E-state index contributed by atoms with van der Waals surface area (Å²) >= 11 is 0. The number of benzene rings is 2. The van der Waals surface area contributed by atoms with Gasteiger partial charge in [-0.15, -0.1) is 0 Å². The van der Waals surface area contributed by atoms with Gasteiger partial charge in [-0.25, -0.2) is 4.98 Å². The molecule has 0 saturated carbocycles. The Morgan fingerprint density at radius 2 is 1.97 bits per heavy atom. The number of hydrogen-bond donors (Lipinski definition) is 1. The van der Waals surface area contributed by atoms with Gasteiger partial charge in [-0.1, -0.05) is 18.2 Å². The first-order valence-corrected chi connectivity index (χ1v) is 9.51. The van der Waals surface area contributed by atoms with Gasteiger partial charge in [0.1, 0.15) is 11.6 Å². The minimum absolute atomic E-state index is 0.0789. The van der Waals surface area contributed by atoms with Gasteiger partial charge in [0.25, 0.3) is 5.91 Å². The van der Waals surface area contributed by atoms with E-state index in [1.807, 2.05) is 49.9 Å². The molecule has 2 aromatic heterocycles. The van der Waals surface area contributed by atoms with Crippen molar-refractivity contribution in [3.63, 3.8) is 0 Å². The fraction of sp³-hybridized carbons (Fsp3) is 0.174. The molecular formula is C23H23N5O2. The van der Waals surface area contributed by atoms with Crippen molar-refractivity contribution in [1.82, 2.24) is 19.7 Å². The molecule has 0 aliphatic heterocycles. The van der Waals surface area contributed by atoms with Crippen LogP contribution in [0.5, 0.6) is 5.75 Å². The summed E-state index contributed by atoms with van der Waals surface area (Å²) in [6, 6.07) is 13.5. The number of carbonyl (C=O) groups is 1. The van der Waals surface area contributed by atoms with Crippen molar-refractivity contribution in [2.24, 2.45) is 7.05 Å². The molecule has 152 valence electrons. The molecule has 4 rings (SSSR count). The first-order valence-electron chi connectivity index (χ1n) is 9.51. The zero-order valence-corrected chi connectivity index (χ0v) is 17.4. The lowest BCUT2D eigenvalue weighted by Crippen LogP contribution is -2.21. The highest BCUT2D eigenvalue weighted by Crippen LogP contribution is 2.32. The summed E-state index contributed by atoms with van der Waals surface area (Å²) in [6.07, 6.45) is 5.69. The number of carbonyl (C=O) groups excluding carboxylic acids is 1. The number of aromatic nitrogens is 3. The van der Waals surface area contributed by atoms with Crippen LogP contribution in [0.1, 0.15) is 10.4 Å². The second-order valence-electron chi connectivity index (χ2n) is 7.24. The lowest BCUT2D eigenvalue weighted by molar-refractivity contribution is 0.0827. The lowest BCUT2D eigenvalue weighted by atomic mass is 10.0. The number of nitrogens with zero attached hydrogens (tertiary/aromatic N) is 4. The molecule has 0 atom stereocenters. The molecule has 2 aromatic carbocycles. The highest BCUT2D eigenvalue weighted by molar-refractivity contribution is 5.98. The van der Waals surface area contributed by atoms with E-state index in [1.54, 1.807) is 38.0 Å². The number of methoxy groups -OCH3 is 1. The van der Waals surface area contributed by atoms with Crippen LogP contribution in [0.2, 0.25) is 0 Å². The smallest absolute Gasteiger partial charge is 0.253 e. The number of hydrogen-bond acceptors (Lipinski definition) is 5. The fourth-order valence-corrected chi connectivity index (χ4v) is 3.37. The summed E-state index contributed by atoms with van der Waals surface area (Å²) in [6.45, 7) is 0. The van der Waals surface area contributed by atoms with Crippen LogP contribution in [-0.2, 0) is 7.05 Å². The van der Waals surface area contributed by atoms with Gasteiger partial charge in [0, 0.05) is 50.0 Å². The maximum atomic E-state index is 12.2. The van der Waals surface area contributed by atoms with E-state index in [4.69, 9.17) is 4.74 Å². The number of pyridine rings is 1. The summed E-state index contributed by atoms with van der Waals surface area (Å²) in [5, 5.41) is 9.71. The van der Waals surface area contributed by atoms with Crippen molar-refractivity contribution in [3.8, 4) is 16.9 Å². The largest absolute Gasteiger partial charge is 0.495 e. The number of fused-ring (bicyclic) bond motifs is 1. The van der Waals surface area contributed by atoms with E-state index in [-0.39, 0.29) is 5.91 Å². The van der Waals surface area contributed by atoms with Crippen LogP contribution >= 0.6 is 0 Å². The predicted octanol–water partition coefficient (Wildman–Crippen LogP) is 4.09. The van der Waals surface area contributed by atoms with Crippen molar-refractivity contribution < 1.29 is 9.53 Å². The van der Waals surface area contributed by atoms with Crippen LogP contribution in [0.3, 0.4) is 0 Å². The molecule has 7 nitrogen and oxygen atoms in total. The SMILES string of the molecule is COc1cc(C(=O)N(C)C)ccc1Nc1cc2c(-c3cnn(C)c3)cccc2cn1. The lowest BCUT2D eigenvalue weighted by Gasteiger charge is -2.15. The average Bonchev–Trinajstić information content (AvgIpc) is 3.19. The van der Waals surface area contributed by atoms with Gasteiger partial charge in [0.05, 0.1) is 19.0 Å². The first-order chi connectivity index (χ1) is 14.5.